The number of nitrogen functional groups attached to an aromatic ring is 1. The third-order valence-electron chi connectivity index (χ3n) is 6.66. The van der Waals surface area contributed by atoms with E-state index in [0.717, 1.165) is 36.0 Å². The molecule has 10 nitrogen and oxygen atoms in total. The average molecular weight is 488 g/mol. The first kappa shape index (κ1) is 22.7. The summed E-state index contributed by atoms with van der Waals surface area (Å²) < 4.78 is 2.00. The summed E-state index contributed by atoms with van der Waals surface area (Å²) in [4.78, 5) is 28.8. The van der Waals surface area contributed by atoms with E-state index in [0.29, 0.717) is 40.5 Å². The van der Waals surface area contributed by atoms with Crippen LogP contribution in [0.5, 0.6) is 0 Å². The van der Waals surface area contributed by atoms with Gasteiger partial charge >= 0.3 is 0 Å². The fraction of sp³-hybridized carbons (Fsp3) is 0.250. The summed E-state index contributed by atoms with van der Waals surface area (Å²) in [6, 6.07) is 10.9. The molecule has 176 valence electrons. The van der Waals surface area contributed by atoms with Crippen molar-refractivity contribution in [3.05, 3.63) is 65.9 Å². The summed E-state index contributed by atoms with van der Waals surface area (Å²) in [5, 5.41) is 12.0. The first-order chi connectivity index (χ1) is 16.6. The number of halogens is 1. The normalized spacial score (nSPS) is 20.4. The van der Waals surface area contributed by atoms with Crippen molar-refractivity contribution >= 4 is 46.7 Å². The van der Waals surface area contributed by atoms with Gasteiger partial charge in [-0.05, 0) is 49.6 Å². The summed E-state index contributed by atoms with van der Waals surface area (Å²) in [5.74, 6) is 1.07. The molecule has 0 spiro atoms. The Hall–Kier alpha value is -4.07. The molecule has 1 aromatic carbocycles. The number of hydrogen-bond donors (Lipinski definition) is 3. The molecule has 4 N–H and O–H groups in total. The molecule has 0 radical (unpaired) electrons. The van der Waals surface area contributed by atoms with Crippen LogP contribution < -0.4 is 16.4 Å². The highest BCUT2D eigenvalue weighted by Gasteiger charge is 2.42. The number of nitrogens with zero attached hydrogens (tertiary/aromatic N) is 6. The minimum absolute atomic E-state index is 0. The standard InChI is InChI=1S/C24H21N9O.ClH/c1-26-16-6-7-27-19(10-16)31-24(34)15-4-2-14(3-5-15)21-20-22(25)29-12-30-23(20)33(32-21)18-9-13-8-17(18)28-11-13;/h2-7,10,12-13,17-18,28H,8-9,11H2,(H2,25,29,30)(H,27,31,34);1H. The lowest BCUT2D eigenvalue weighted by Crippen LogP contribution is -2.35. The summed E-state index contributed by atoms with van der Waals surface area (Å²) >= 11 is 0. The first-order valence-corrected chi connectivity index (χ1v) is 11.1. The lowest BCUT2D eigenvalue weighted by Gasteiger charge is -2.23. The number of piperidine rings is 1. The number of anilines is 2. The van der Waals surface area contributed by atoms with Gasteiger partial charge in [0.25, 0.3) is 5.91 Å². The summed E-state index contributed by atoms with van der Waals surface area (Å²) in [6.07, 6.45) is 5.19. The lowest BCUT2D eigenvalue weighted by molar-refractivity contribution is 0.102. The number of benzene rings is 1. The Kier molecular flexibility index (Phi) is 5.80. The zero-order chi connectivity index (χ0) is 23.2. The van der Waals surface area contributed by atoms with Gasteiger partial charge in [-0.25, -0.2) is 24.5 Å². The van der Waals surface area contributed by atoms with E-state index >= 15 is 0 Å². The third-order valence-corrected chi connectivity index (χ3v) is 6.66. The molecule has 2 bridgehead atoms. The topological polar surface area (TPSA) is 128 Å². The van der Waals surface area contributed by atoms with Crippen molar-refractivity contribution in [1.29, 1.82) is 0 Å². The van der Waals surface area contributed by atoms with Gasteiger partial charge in [-0.15, -0.1) is 12.4 Å². The number of pyridine rings is 1. The van der Waals surface area contributed by atoms with Crippen molar-refractivity contribution in [2.45, 2.75) is 24.9 Å². The van der Waals surface area contributed by atoms with E-state index in [1.165, 1.54) is 18.6 Å². The maximum absolute atomic E-state index is 12.7. The number of hydrogen-bond acceptors (Lipinski definition) is 7. The smallest absolute Gasteiger partial charge is 0.256 e. The Morgan fingerprint density at radius 1 is 1.17 bits per heavy atom. The number of rotatable bonds is 4. The molecule has 1 aliphatic heterocycles. The van der Waals surface area contributed by atoms with Crippen LogP contribution in [0.1, 0.15) is 29.2 Å². The highest BCUT2D eigenvalue weighted by molar-refractivity contribution is 6.04. The minimum Gasteiger partial charge on any atom is -0.383 e. The van der Waals surface area contributed by atoms with Crippen molar-refractivity contribution in [2.75, 3.05) is 17.6 Å². The molecular weight excluding hydrogens is 466 g/mol. The molecule has 1 saturated carbocycles. The Morgan fingerprint density at radius 2 is 2.00 bits per heavy atom. The average Bonchev–Trinajstić information content (AvgIpc) is 3.59. The van der Waals surface area contributed by atoms with Crippen molar-refractivity contribution in [2.24, 2.45) is 5.92 Å². The van der Waals surface area contributed by atoms with E-state index in [2.05, 4.69) is 30.4 Å². The van der Waals surface area contributed by atoms with Crippen LogP contribution in [0.15, 0.2) is 48.9 Å². The van der Waals surface area contributed by atoms with E-state index in [4.69, 9.17) is 17.4 Å². The van der Waals surface area contributed by atoms with Crippen molar-refractivity contribution < 1.29 is 4.79 Å². The van der Waals surface area contributed by atoms with Gasteiger partial charge in [0.1, 0.15) is 23.7 Å². The van der Waals surface area contributed by atoms with Gasteiger partial charge in [-0.3, -0.25) is 4.79 Å². The highest BCUT2D eigenvalue weighted by atomic mass is 35.5. The Balaban J connectivity index is 0.00000253. The number of carbonyl (C=O) groups is 1. The molecular formula is C24H22ClN9O. The van der Waals surface area contributed by atoms with Crippen LogP contribution in [0.4, 0.5) is 17.3 Å². The van der Waals surface area contributed by atoms with Crippen LogP contribution in [0, 0.1) is 12.5 Å². The van der Waals surface area contributed by atoms with E-state index in [-0.39, 0.29) is 24.4 Å². The Labute approximate surface area is 207 Å². The molecule has 3 unspecified atom stereocenters. The predicted molar refractivity (Wildman–Crippen MR) is 134 cm³/mol. The number of fused-ring (bicyclic) bond motifs is 3. The summed E-state index contributed by atoms with van der Waals surface area (Å²) in [6.45, 7) is 8.16. The van der Waals surface area contributed by atoms with Crippen LogP contribution in [-0.4, -0.2) is 43.2 Å². The van der Waals surface area contributed by atoms with E-state index in [1.54, 1.807) is 18.2 Å². The highest BCUT2D eigenvalue weighted by Crippen LogP contribution is 2.41. The minimum atomic E-state index is -0.313. The SMILES string of the molecule is Cl.[C-]#[N+]c1ccnc(NC(=O)c2ccc(-c3nn(C4CC5CNC4C5)c4ncnc(N)c34)cc2)c1. The molecule has 35 heavy (non-hydrogen) atoms. The second-order valence-electron chi connectivity index (χ2n) is 8.71. The van der Waals surface area contributed by atoms with Crippen LogP contribution in [0.25, 0.3) is 27.1 Å². The Bertz CT molecular complexity index is 1460. The molecule has 1 amide bonds. The lowest BCUT2D eigenvalue weighted by atomic mass is 10.1. The van der Waals surface area contributed by atoms with Crippen molar-refractivity contribution in [3.63, 3.8) is 0 Å². The number of amides is 1. The summed E-state index contributed by atoms with van der Waals surface area (Å²) in [7, 11) is 0. The Morgan fingerprint density at radius 3 is 2.71 bits per heavy atom. The quantitative estimate of drug-likeness (QED) is 0.375. The molecule has 3 aromatic heterocycles. The van der Waals surface area contributed by atoms with Gasteiger partial charge in [0.05, 0.1) is 18.0 Å². The van der Waals surface area contributed by atoms with Crippen LogP contribution in [0.3, 0.4) is 0 Å². The number of nitrogens with one attached hydrogen (secondary N) is 2. The van der Waals surface area contributed by atoms with Gasteiger partial charge < -0.3 is 16.4 Å². The molecule has 2 fully saturated rings. The van der Waals surface area contributed by atoms with Crippen LogP contribution in [0.2, 0.25) is 0 Å². The molecule has 6 rings (SSSR count). The molecule has 4 heterocycles. The molecule has 1 aliphatic carbocycles. The molecule has 11 heteroatoms. The first-order valence-electron chi connectivity index (χ1n) is 11.1. The predicted octanol–water partition coefficient (Wildman–Crippen LogP) is 3.62. The molecule has 3 atom stereocenters. The molecule has 2 aliphatic rings. The van der Waals surface area contributed by atoms with Gasteiger partial charge in [0, 0.05) is 23.4 Å². The maximum atomic E-state index is 12.7. The van der Waals surface area contributed by atoms with Gasteiger partial charge in [-0.1, -0.05) is 12.1 Å². The number of aromatic nitrogens is 5. The van der Waals surface area contributed by atoms with Gasteiger partial charge in [0.15, 0.2) is 11.3 Å². The van der Waals surface area contributed by atoms with Crippen molar-refractivity contribution in [1.82, 2.24) is 30.0 Å². The van der Waals surface area contributed by atoms with E-state index in [1.807, 2.05) is 16.8 Å². The van der Waals surface area contributed by atoms with Gasteiger partial charge in [0.2, 0.25) is 0 Å². The van der Waals surface area contributed by atoms with E-state index < -0.39 is 0 Å². The second kappa shape index (κ2) is 8.94. The zero-order valence-electron chi connectivity index (χ0n) is 18.5. The fourth-order valence-corrected chi connectivity index (χ4v) is 5.05. The monoisotopic (exact) mass is 487 g/mol. The van der Waals surface area contributed by atoms with Crippen LogP contribution >= 0.6 is 12.4 Å². The largest absolute Gasteiger partial charge is 0.383 e. The van der Waals surface area contributed by atoms with Crippen LogP contribution in [-0.2, 0) is 0 Å². The molecule has 4 aromatic rings. The number of carbonyl (C=O) groups excluding carboxylic acids is 1. The fourth-order valence-electron chi connectivity index (χ4n) is 5.05. The number of nitrogens with two attached hydrogens (primary N) is 1. The third kappa shape index (κ3) is 3.95. The maximum Gasteiger partial charge on any atom is 0.256 e. The van der Waals surface area contributed by atoms with E-state index in [9.17, 15) is 4.79 Å². The van der Waals surface area contributed by atoms with Gasteiger partial charge in [-0.2, -0.15) is 5.10 Å². The van der Waals surface area contributed by atoms with Crippen molar-refractivity contribution in [3.8, 4) is 11.3 Å². The zero-order valence-corrected chi connectivity index (χ0v) is 19.4. The molecule has 1 saturated heterocycles. The summed E-state index contributed by atoms with van der Waals surface area (Å²) in [5.41, 5.74) is 9.39. The second-order valence-corrected chi connectivity index (χ2v) is 8.71.